The maximum atomic E-state index is 10.4. The third-order valence-corrected chi connectivity index (χ3v) is 1.74. The highest BCUT2D eigenvalue weighted by Crippen LogP contribution is 2.21. The fourth-order valence-electron chi connectivity index (χ4n) is 1.01. The van der Waals surface area contributed by atoms with Gasteiger partial charge in [0.25, 0.3) is 0 Å². The number of nitrogens with two attached hydrogens (primary N) is 2. The van der Waals surface area contributed by atoms with Crippen LogP contribution in [0.5, 0.6) is 0 Å². The minimum atomic E-state index is -0.569. The van der Waals surface area contributed by atoms with E-state index in [2.05, 4.69) is 4.98 Å². The predicted molar refractivity (Wildman–Crippen MR) is 55.2 cm³/mol. The zero-order valence-electron chi connectivity index (χ0n) is 7.56. The number of nitro groups is 1. The van der Waals surface area contributed by atoms with Gasteiger partial charge in [0, 0.05) is 18.3 Å². The van der Waals surface area contributed by atoms with Crippen LogP contribution >= 0.6 is 12.4 Å². The zero-order chi connectivity index (χ0) is 10.0. The average Bonchev–Trinajstić information content (AvgIpc) is 2.03. The Labute approximate surface area is 86.9 Å². The Morgan fingerprint density at radius 1 is 1.64 bits per heavy atom. The van der Waals surface area contributed by atoms with Crippen molar-refractivity contribution in [2.24, 2.45) is 5.73 Å². The quantitative estimate of drug-likeness (QED) is 0.563. The van der Waals surface area contributed by atoms with Crippen LogP contribution in [0.15, 0.2) is 6.07 Å². The van der Waals surface area contributed by atoms with Crippen LogP contribution in [0.1, 0.15) is 11.3 Å². The van der Waals surface area contributed by atoms with Crippen molar-refractivity contribution >= 4 is 23.9 Å². The van der Waals surface area contributed by atoms with Crippen molar-refractivity contribution in [3.05, 3.63) is 27.4 Å². The smallest absolute Gasteiger partial charge is 0.311 e. The molecule has 1 rings (SSSR count). The lowest BCUT2D eigenvalue weighted by molar-refractivity contribution is -0.384. The number of aromatic nitrogens is 1. The van der Waals surface area contributed by atoms with E-state index in [4.69, 9.17) is 11.5 Å². The highest BCUT2D eigenvalue weighted by atomic mass is 35.5. The van der Waals surface area contributed by atoms with Gasteiger partial charge in [-0.3, -0.25) is 10.1 Å². The topological polar surface area (TPSA) is 108 Å². The molecule has 0 saturated heterocycles. The molecule has 78 valence electrons. The van der Waals surface area contributed by atoms with Crippen LogP contribution in [0.2, 0.25) is 0 Å². The molecule has 0 saturated carbocycles. The molecule has 0 aromatic carbocycles. The molecule has 6 nitrogen and oxygen atoms in total. The maximum absolute atomic E-state index is 10.4. The Morgan fingerprint density at radius 2 is 2.21 bits per heavy atom. The van der Waals surface area contributed by atoms with E-state index >= 15 is 0 Å². The van der Waals surface area contributed by atoms with Crippen LogP contribution < -0.4 is 11.5 Å². The molecule has 0 aliphatic heterocycles. The molecule has 1 aromatic rings. The summed E-state index contributed by atoms with van der Waals surface area (Å²) >= 11 is 0. The molecule has 0 atom stereocenters. The highest BCUT2D eigenvalue weighted by molar-refractivity contribution is 5.85. The third kappa shape index (κ3) is 2.30. The Bertz CT molecular complexity index is 356. The molecule has 0 aliphatic rings. The monoisotopic (exact) mass is 218 g/mol. The summed E-state index contributed by atoms with van der Waals surface area (Å²) < 4.78 is 0. The van der Waals surface area contributed by atoms with Gasteiger partial charge in [0.1, 0.15) is 0 Å². The zero-order valence-corrected chi connectivity index (χ0v) is 8.37. The van der Waals surface area contributed by atoms with E-state index in [0.29, 0.717) is 11.3 Å². The predicted octanol–water partition coefficient (Wildman–Crippen LogP) is 0.761. The molecule has 0 aliphatic carbocycles. The number of rotatable bonds is 2. The molecule has 1 aromatic heterocycles. The number of hydrogen-bond acceptors (Lipinski definition) is 5. The summed E-state index contributed by atoms with van der Waals surface area (Å²) in [5, 5.41) is 10.4. The number of anilines is 1. The van der Waals surface area contributed by atoms with E-state index in [1.165, 1.54) is 6.07 Å². The van der Waals surface area contributed by atoms with Gasteiger partial charge in [-0.1, -0.05) is 0 Å². The van der Waals surface area contributed by atoms with Crippen LogP contribution in [0.4, 0.5) is 11.5 Å². The summed E-state index contributed by atoms with van der Waals surface area (Å²) in [6.07, 6.45) is 0. The maximum Gasteiger partial charge on any atom is 0.311 e. The standard InChI is InChI=1S/C7H10N4O2.ClH/c1-4-5(3-8)2-6(11(12)13)7(9)10-4;/h2H,3,8H2,1H3,(H2,9,10);1H. The van der Waals surface area contributed by atoms with Crippen molar-refractivity contribution in [1.29, 1.82) is 0 Å². The first-order chi connectivity index (χ1) is 6.06. The van der Waals surface area contributed by atoms with Crippen molar-refractivity contribution in [3.63, 3.8) is 0 Å². The van der Waals surface area contributed by atoms with Gasteiger partial charge in [-0.25, -0.2) is 4.98 Å². The second kappa shape index (κ2) is 4.73. The van der Waals surface area contributed by atoms with Crippen LogP contribution in [-0.2, 0) is 6.54 Å². The lowest BCUT2D eigenvalue weighted by atomic mass is 10.2. The van der Waals surface area contributed by atoms with Gasteiger partial charge in [0.05, 0.1) is 4.92 Å². The first-order valence-electron chi connectivity index (χ1n) is 3.66. The lowest BCUT2D eigenvalue weighted by Crippen LogP contribution is -2.06. The second-order valence-electron chi connectivity index (χ2n) is 2.60. The first-order valence-corrected chi connectivity index (χ1v) is 3.66. The van der Waals surface area contributed by atoms with Crippen LogP contribution in [0.25, 0.3) is 0 Å². The lowest BCUT2D eigenvalue weighted by Gasteiger charge is -2.03. The Hall–Kier alpha value is -1.40. The molecule has 0 spiro atoms. The SMILES string of the molecule is Cc1nc(N)c([N+](=O)[O-])cc1CN.Cl. The molecular formula is C7H11ClN4O2. The van der Waals surface area contributed by atoms with Crippen molar-refractivity contribution in [1.82, 2.24) is 4.98 Å². The van der Waals surface area contributed by atoms with Gasteiger partial charge in [-0.05, 0) is 12.5 Å². The fourth-order valence-corrected chi connectivity index (χ4v) is 1.01. The van der Waals surface area contributed by atoms with E-state index < -0.39 is 4.92 Å². The van der Waals surface area contributed by atoms with Gasteiger partial charge in [-0.15, -0.1) is 12.4 Å². The third-order valence-electron chi connectivity index (χ3n) is 1.74. The first kappa shape index (κ1) is 12.6. The average molecular weight is 219 g/mol. The van der Waals surface area contributed by atoms with Crippen molar-refractivity contribution in [2.75, 3.05) is 5.73 Å². The van der Waals surface area contributed by atoms with Crippen LogP contribution in [0.3, 0.4) is 0 Å². The molecule has 14 heavy (non-hydrogen) atoms. The van der Waals surface area contributed by atoms with Gasteiger partial charge in [0.2, 0.25) is 5.82 Å². The molecular weight excluding hydrogens is 208 g/mol. The molecule has 0 radical (unpaired) electrons. The molecule has 0 bridgehead atoms. The number of nitrogens with zero attached hydrogens (tertiary/aromatic N) is 2. The summed E-state index contributed by atoms with van der Waals surface area (Å²) in [4.78, 5) is 13.7. The molecule has 0 amide bonds. The number of pyridine rings is 1. The molecule has 1 heterocycles. The van der Waals surface area contributed by atoms with E-state index in [1.54, 1.807) is 6.92 Å². The number of halogens is 1. The second-order valence-corrected chi connectivity index (χ2v) is 2.60. The number of nitrogen functional groups attached to an aromatic ring is 1. The summed E-state index contributed by atoms with van der Waals surface area (Å²) in [6.45, 7) is 1.93. The molecule has 4 N–H and O–H groups in total. The molecule has 0 fully saturated rings. The summed E-state index contributed by atoms with van der Waals surface area (Å²) in [5.41, 5.74) is 11.8. The van der Waals surface area contributed by atoms with E-state index in [-0.39, 0.29) is 30.5 Å². The minimum absolute atomic E-state index is 0. The van der Waals surface area contributed by atoms with E-state index in [9.17, 15) is 10.1 Å². The summed E-state index contributed by atoms with van der Waals surface area (Å²) in [5.74, 6) is -0.0697. The van der Waals surface area contributed by atoms with Crippen LogP contribution in [0, 0.1) is 17.0 Å². The van der Waals surface area contributed by atoms with Crippen molar-refractivity contribution in [3.8, 4) is 0 Å². The Morgan fingerprint density at radius 3 is 2.64 bits per heavy atom. The minimum Gasteiger partial charge on any atom is -0.378 e. The largest absolute Gasteiger partial charge is 0.378 e. The number of hydrogen-bond donors (Lipinski definition) is 2. The van der Waals surface area contributed by atoms with E-state index in [0.717, 1.165) is 0 Å². The highest BCUT2D eigenvalue weighted by Gasteiger charge is 2.14. The molecule has 7 heteroatoms. The Kier molecular flexibility index (Phi) is 4.26. The van der Waals surface area contributed by atoms with Gasteiger partial charge < -0.3 is 11.5 Å². The Balaban J connectivity index is 0.00000169. The van der Waals surface area contributed by atoms with E-state index in [1.807, 2.05) is 0 Å². The summed E-state index contributed by atoms with van der Waals surface area (Å²) in [6, 6.07) is 1.36. The normalized spacial score (nSPS) is 9.29. The van der Waals surface area contributed by atoms with Crippen molar-refractivity contribution in [2.45, 2.75) is 13.5 Å². The van der Waals surface area contributed by atoms with Gasteiger partial charge in [0.15, 0.2) is 0 Å². The fraction of sp³-hybridized carbons (Fsp3) is 0.286. The van der Waals surface area contributed by atoms with Crippen LogP contribution in [-0.4, -0.2) is 9.91 Å². The van der Waals surface area contributed by atoms with Gasteiger partial charge >= 0.3 is 5.69 Å². The molecule has 0 unspecified atom stereocenters. The summed E-state index contributed by atoms with van der Waals surface area (Å²) in [7, 11) is 0. The van der Waals surface area contributed by atoms with Crippen molar-refractivity contribution < 1.29 is 4.92 Å². The van der Waals surface area contributed by atoms with Gasteiger partial charge in [-0.2, -0.15) is 0 Å². The number of aryl methyl sites for hydroxylation is 1.